The lowest BCUT2D eigenvalue weighted by Crippen LogP contribution is -2.44. The zero-order valence-electron chi connectivity index (χ0n) is 18.7. The molecule has 2 aliphatic rings. The topological polar surface area (TPSA) is 85.5 Å². The summed E-state index contributed by atoms with van der Waals surface area (Å²) >= 11 is 6.54. The number of aromatic nitrogens is 3. The molecule has 5 aromatic rings. The van der Waals surface area contributed by atoms with E-state index in [1.165, 1.54) is 11.1 Å². The molecule has 1 fully saturated rings. The number of nitrogens with two attached hydrogens (primary N) is 2. The van der Waals surface area contributed by atoms with Gasteiger partial charge in [-0.1, -0.05) is 48.0 Å². The highest BCUT2D eigenvalue weighted by atomic mass is 35.5. The monoisotopic (exact) mass is 468 g/mol. The van der Waals surface area contributed by atoms with Crippen molar-refractivity contribution >= 4 is 39.9 Å². The van der Waals surface area contributed by atoms with Crippen LogP contribution >= 0.6 is 11.6 Å². The Balaban J connectivity index is 1.23. The summed E-state index contributed by atoms with van der Waals surface area (Å²) in [5.41, 5.74) is 20.9. The number of nitrogens with zero attached hydrogens (tertiary/aromatic N) is 4. The fourth-order valence-corrected chi connectivity index (χ4v) is 6.39. The summed E-state index contributed by atoms with van der Waals surface area (Å²) in [5, 5.41) is 0.553. The molecule has 170 valence electrons. The van der Waals surface area contributed by atoms with Crippen LogP contribution in [0.1, 0.15) is 30.0 Å². The van der Waals surface area contributed by atoms with E-state index in [0.717, 1.165) is 66.1 Å². The number of anilines is 2. The van der Waals surface area contributed by atoms with Gasteiger partial charge in [-0.3, -0.25) is 4.40 Å². The second-order valence-electron chi connectivity index (χ2n) is 9.75. The Labute approximate surface area is 202 Å². The molecular weight excluding hydrogens is 444 g/mol. The van der Waals surface area contributed by atoms with Gasteiger partial charge in [-0.25, -0.2) is 9.97 Å². The van der Waals surface area contributed by atoms with Crippen molar-refractivity contribution in [3.05, 3.63) is 76.9 Å². The molecule has 0 bridgehead atoms. The molecule has 3 aromatic heterocycles. The molecule has 7 heteroatoms. The number of halogens is 1. The van der Waals surface area contributed by atoms with Crippen molar-refractivity contribution in [2.45, 2.75) is 25.3 Å². The number of nitrogen functional groups attached to an aromatic ring is 1. The number of benzene rings is 2. The van der Waals surface area contributed by atoms with Crippen molar-refractivity contribution in [1.29, 1.82) is 0 Å². The summed E-state index contributed by atoms with van der Waals surface area (Å²) in [5.74, 6) is 0.997. The highest BCUT2D eigenvalue weighted by Gasteiger charge is 2.46. The van der Waals surface area contributed by atoms with Crippen LogP contribution in [-0.2, 0) is 6.42 Å². The minimum atomic E-state index is 0.112. The summed E-state index contributed by atoms with van der Waals surface area (Å²) < 4.78 is 2.13. The van der Waals surface area contributed by atoms with E-state index in [4.69, 9.17) is 33.0 Å². The van der Waals surface area contributed by atoms with Crippen LogP contribution in [0.2, 0.25) is 5.02 Å². The van der Waals surface area contributed by atoms with Gasteiger partial charge in [-0.15, -0.1) is 0 Å². The van der Waals surface area contributed by atoms with Crippen molar-refractivity contribution in [1.82, 2.24) is 14.4 Å². The first kappa shape index (κ1) is 20.1. The number of hydrogen-bond acceptors (Lipinski definition) is 5. The van der Waals surface area contributed by atoms with Crippen LogP contribution in [0.4, 0.5) is 11.5 Å². The molecule has 2 aromatic carbocycles. The summed E-state index contributed by atoms with van der Waals surface area (Å²) in [4.78, 5) is 12.2. The van der Waals surface area contributed by atoms with E-state index in [-0.39, 0.29) is 11.5 Å². The van der Waals surface area contributed by atoms with Crippen LogP contribution in [0.15, 0.2) is 60.8 Å². The maximum atomic E-state index is 6.78. The van der Waals surface area contributed by atoms with Gasteiger partial charge in [0.2, 0.25) is 0 Å². The van der Waals surface area contributed by atoms with Gasteiger partial charge in [0.1, 0.15) is 16.8 Å². The highest BCUT2D eigenvalue weighted by Crippen LogP contribution is 2.51. The van der Waals surface area contributed by atoms with Crippen molar-refractivity contribution in [3.8, 4) is 11.1 Å². The maximum Gasteiger partial charge on any atom is 0.157 e. The van der Waals surface area contributed by atoms with Crippen molar-refractivity contribution in [2.24, 2.45) is 11.1 Å². The van der Waals surface area contributed by atoms with Gasteiger partial charge in [0.05, 0.1) is 16.9 Å². The van der Waals surface area contributed by atoms with Crippen LogP contribution in [0.3, 0.4) is 0 Å². The Morgan fingerprint density at radius 2 is 1.79 bits per heavy atom. The Bertz CT molecular complexity index is 1550. The Morgan fingerprint density at radius 3 is 2.62 bits per heavy atom. The van der Waals surface area contributed by atoms with Crippen LogP contribution in [0.25, 0.3) is 27.9 Å². The quantitative estimate of drug-likeness (QED) is 0.353. The number of pyridine rings is 1. The normalized spacial score (nSPS) is 19.5. The third kappa shape index (κ3) is 2.67. The summed E-state index contributed by atoms with van der Waals surface area (Å²) in [6, 6.07) is 18.6. The molecule has 6 nitrogen and oxygen atoms in total. The van der Waals surface area contributed by atoms with Crippen molar-refractivity contribution in [2.75, 3.05) is 23.7 Å². The first-order valence-electron chi connectivity index (χ1n) is 11.8. The second kappa shape index (κ2) is 7.08. The molecule has 1 saturated heterocycles. The lowest BCUT2D eigenvalue weighted by atomic mass is 9.73. The fraction of sp³-hybridized carbons (Fsp3) is 0.259. The zero-order chi connectivity index (χ0) is 23.0. The maximum absolute atomic E-state index is 6.78. The SMILES string of the molecule is Nc1cccc(-c2ccc3nc(N4CCC5(CC4)Cc4ccccc4[C@H]5N)c4cnc2n34)c1Cl. The Kier molecular flexibility index (Phi) is 4.17. The molecule has 0 radical (unpaired) electrons. The molecule has 4 heterocycles. The summed E-state index contributed by atoms with van der Waals surface area (Å²) in [6.07, 6.45) is 5.12. The van der Waals surface area contributed by atoms with Gasteiger partial charge < -0.3 is 16.4 Å². The molecule has 1 spiro atoms. The zero-order valence-corrected chi connectivity index (χ0v) is 19.5. The van der Waals surface area contributed by atoms with Gasteiger partial charge >= 0.3 is 0 Å². The predicted octanol–water partition coefficient (Wildman–Crippen LogP) is 5.07. The van der Waals surface area contributed by atoms with E-state index in [9.17, 15) is 0 Å². The predicted molar refractivity (Wildman–Crippen MR) is 137 cm³/mol. The van der Waals surface area contributed by atoms with Gasteiger partial charge in [-0.2, -0.15) is 0 Å². The lowest BCUT2D eigenvalue weighted by molar-refractivity contribution is 0.187. The van der Waals surface area contributed by atoms with Crippen LogP contribution in [-0.4, -0.2) is 27.5 Å². The molecule has 4 N–H and O–H groups in total. The number of imidazole rings is 2. The average Bonchev–Trinajstić information content (AvgIpc) is 3.53. The fourth-order valence-electron chi connectivity index (χ4n) is 6.16. The van der Waals surface area contributed by atoms with Gasteiger partial charge in [0.15, 0.2) is 5.82 Å². The van der Waals surface area contributed by atoms with E-state index < -0.39 is 0 Å². The largest absolute Gasteiger partial charge is 0.398 e. The number of fused-ring (bicyclic) bond motifs is 1. The van der Waals surface area contributed by atoms with Crippen LogP contribution in [0, 0.1) is 5.41 Å². The lowest BCUT2D eigenvalue weighted by Gasteiger charge is -2.42. The van der Waals surface area contributed by atoms with Crippen molar-refractivity contribution < 1.29 is 0 Å². The standard InChI is InChI=1S/C27H25ClN6/c28-23-18(6-3-7-20(23)29)19-8-9-22-32-26(21-15-31-25(19)34(21)22)33-12-10-27(11-13-33)14-16-4-1-2-5-17(16)24(27)30/h1-9,15,24H,10-14,29-30H2/t24-/m1/s1. The van der Waals surface area contributed by atoms with E-state index in [1.54, 1.807) is 0 Å². The molecule has 1 atom stereocenters. The minimum Gasteiger partial charge on any atom is -0.398 e. The first-order chi connectivity index (χ1) is 16.6. The molecule has 0 saturated carbocycles. The molecule has 0 unspecified atom stereocenters. The van der Waals surface area contributed by atoms with Crippen molar-refractivity contribution in [3.63, 3.8) is 0 Å². The third-order valence-corrected chi connectivity index (χ3v) is 8.47. The van der Waals surface area contributed by atoms with E-state index in [1.807, 2.05) is 36.5 Å². The third-order valence-electron chi connectivity index (χ3n) is 8.05. The molecule has 1 aliphatic carbocycles. The minimum absolute atomic E-state index is 0.112. The highest BCUT2D eigenvalue weighted by molar-refractivity contribution is 6.36. The number of hydrogen-bond donors (Lipinski definition) is 2. The number of rotatable bonds is 2. The van der Waals surface area contributed by atoms with Gasteiger partial charge in [0.25, 0.3) is 0 Å². The van der Waals surface area contributed by atoms with Crippen LogP contribution < -0.4 is 16.4 Å². The van der Waals surface area contributed by atoms with E-state index in [2.05, 4.69) is 33.6 Å². The number of piperidine rings is 1. The van der Waals surface area contributed by atoms with Gasteiger partial charge in [-0.05, 0) is 54.0 Å². The molecule has 0 amide bonds. The molecule has 1 aliphatic heterocycles. The summed E-state index contributed by atoms with van der Waals surface area (Å²) in [6.45, 7) is 1.88. The summed E-state index contributed by atoms with van der Waals surface area (Å²) in [7, 11) is 0. The van der Waals surface area contributed by atoms with E-state index >= 15 is 0 Å². The Morgan fingerprint density at radius 1 is 0.971 bits per heavy atom. The molecule has 34 heavy (non-hydrogen) atoms. The second-order valence-corrected chi connectivity index (χ2v) is 10.1. The molecule has 7 rings (SSSR count). The first-order valence-corrected chi connectivity index (χ1v) is 12.2. The van der Waals surface area contributed by atoms with Crippen LogP contribution in [0.5, 0.6) is 0 Å². The van der Waals surface area contributed by atoms with E-state index in [0.29, 0.717) is 10.7 Å². The Hall–Kier alpha value is -3.35. The smallest absolute Gasteiger partial charge is 0.157 e. The molecular formula is C27H25ClN6. The van der Waals surface area contributed by atoms with Gasteiger partial charge in [0, 0.05) is 30.3 Å². The average molecular weight is 469 g/mol.